The van der Waals surface area contributed by atoms with E-state index in [0.717, 1.165) is 29.7 Å². The molecule has 8 nitrogen and oxygen atoms in total. The lowest BCUT2D eigenvalue weighted by molar-refractivity contribution is 0.122. The van der Waals surface area contributed by atoms with Crippen molar-refractivity contribution in [3.05, 3.63) is 78.4 Å². The third kappa shape index (κ3) is 4.81. The molecule has 1 aliphatic rings. The monoisotopic (exact) mass is 425 g/mol. The number of hydrogen-bond donors (Lipinski definition) is 2. The van der Waals surface area contributed by atoms with Crippen molar-refractivity contribution in [3.63, 3.8) is 0 Å². The summed E-state index contributed by atoms with van der Waals surface area (Å²) in [5.74, 6) is 1.41. The molecule has 0 amide bonds. The zero-order valence-corrected chi connectivity index (χ0v) is 17.5. The Labute approximate surface area is 186 Å². The first-order valence-corrected chi connectivity index (χ1v) is 10.5. The summed E-state index contributed by atoms with van der Waals surface area (Å²) >= 11 is 0. The first-order chi connectivity index (χ1) is 15.8. The van der Waals surface area contributed by atoms with Gasteiger partial charge in [-0.25, -0.2) is 5.43 Å². The summed E-state index contributed by atoms with van der Waals surface area (Å²) in [6.07, 6.45) is 1.73. The summed E-state index contributed by atoms with van der Waals surface area (Å²) in [5, 5.41) is 9.93. The molecule has 0 radical (unpaired) electrons. The molecule has 3 aromatic carbocycles. The van der Waals surface area contributed by atoms with Crippen molar-refractivity contribution in [1.82, 2.24) is 15.0 Å². The van der Waals surface area contributed by atoms with Gasteiger partial charge in [-0.2, -0.15) is 20.1 Å². The number of hydrogen-bond acceptors (Lipinski definition) is 8. The summed E-state index contributed by atoms with van der Waals surface area (Å²) in [5.41, 5.74) is 4.83. The minimum absolute atomic E-state index is 0.372. The van der Waals surface area contributed by atoms with E-state index in [9.17, 15) is 0 Å². The third-order valence-corrected chi connectivity index (χ3v) is 5.10. The maximum atomic E-state index is 5.46. The van der Waals surface area contributed by atoms with Gasteiger partial charge in [-0.1, -0.05) is 60.7 Å². The number of nitrogens with zero attached hydrogens (tertiary/aromatic N) is 5. The van der Waals surface area contributed by atoms with E-state index < -0.39 is 0 Å². The summed E-state index contributed by atoms with van der Waals surface area (Å²) in [6, 6.07) is 24.2. The van der Waals surface area contributed by atoms with Gasteiger partial charge in [0.05, 0.1) is 19.4 Å². The Balaban J connectivity index is 1.41. The lowest BCUT2D eigenvalue weighted by Gasteiger charge is -2.27. The zero-order valence-electron chi connectivity index (χ0n) is 17.5. The second-order valence-corrected chi connectivity index (χ2v) is 7.35. The molecule has 1 aliphatic heterocycles. The van der Waals surface area contributed by atoms with Gasteiger partial charge >= 0.3 is 0 Å². The van der Waals surface area contributed by atoms with E-state index in [2.05, 4.69) is 60.0 Å². The Morgan fingerprint density at radius 2 is 1.56 bits per heavy atom. The number of anilines is 4. The number of morpholine rings is 1. The van der Waals surface area contributed by atoms with E-state index in [4.69, 9.17) is 4.74 Å². The SMILES string of the molecule is C(=N/Nc1nc(Nc2ccc3ccccc3c2)nc(N2CCOCC2)n1)/c1ccccc1. The molecule has 1 fully saturated rings. The Morgan fingerprint density at radius 1 is 0.812 bits per heavy atom. The fraction of sp³-hybridized carbons (Fsp3) is 0.167. The van der Waals surface area contributed by atoms with Crippen molar-refractivity contribution < 1.29 is 4.74 Å². The molecule has 0 saturated carbocycles. The van der Waals surface area contributed by atoms with E-state index >= 15 is 0 Å². The normalized spacial score (nSPS) is 14.1. The van der Waals surface area contributed by atoms with Crippen molar-refractivity contribution in [2.75, 3.05) is 41.9 Å². The average Bonchev–Trinajstić information content (AvgIpc) is 2.85. The predicted molar refractivity (Wildman–Crippen MR) is 128 cm³/mol. The highest BCUT2D eigenvalue weighted by molar-refractivity contribution is 5.86. The first kappa shape index (κ1) is 19.9. The summed E-state index contributed by atoms with van der Waals surface area (Å²) in [7, 11) is 0. The molecular weight excluding hydrogens is 402 g/mol. The maximum Gasteiger partial charge on any atom is 0.250 e. The van der Waals surface area contributed by atoms with Crippen LogP contribution in [-0.4, -0.2) is 47.5 Å². The fourth-order valence-electron chi connectivity index (χ4n) is 3.48. The molecule has 0 unspecified atom stereocenters. The van der Waals surface area contributed by atoms with Gasteiger partial charge in [-0.05, 0) is 28.5 Å². The van der Waals surface area contributed by atoms with Crippen molar-refractivity contribution in [2.45, 2.75) is 0 Å². The Bertz CT molecular complexity index is 1220. The third-order valence-electron chi connectivity index (χ3n) is 5.10. The first-order valence-electron chi connectivity index (χ1n) is 10.5. The Kier molecular flexibility index (Phi) is 5.85. The highest BCUT2D eigenvalue weighted by Crippen LogP contribution is 2.22. The molecule has 5 rings (SSSR count). The number of hydrazone groups is 1. The topological polar surface area (TPSA) is 87.6 Å². The maximum absolute atomic E-state index is 5.46. The second kappa shape index (κ2) is 9.40. The van der Waals surface area contributed by atoms with Gasteiger partial charge in [0, 0.05) is 18.8 Å². The van der Waals surface area contributed by atoms with Crippen LogP contribution in [0.2, 0.25) is 0 Å². The average molecular weight is 425 g/mol. The molecule has 2 N–H and O–H groups in total. The van der Waals surface area contributed by atoms with Crippen LogP contribution in [0.15, 0.2) is 77.9 Å². The number of aromatic nitrogens is 3. The van der Waals surface area contributed by atoms with Gasteiger partial charge in [-0.3, -0.25) is 0 Å². The van der Waals surface area contributed by atoms with Gasteiger partial charge in [0.2, 0.25) is 17.8 Å². The standard InChI is InChI=1S/C24H23N7O/c1-2-6-18(7-3-1)17-25-30-23-27-22(28-24(29-23)31-12-14-32-15-13-31)26-21-11-10-19-8-4-5-9-20(19)16-21/h1-11,16-17H,12-15H2,(H2,26,27,28,29,30)/b25-17-. The summed E-state index contributed by atoms with van der Waals surface area (Å²) in [6.45, 7) is 2.75. The lowest BCUT2D eigenvalue weighted by atomic mass is 10.1. The molecular formula is C24H23N7O. The number of fused-ring (bicyclic) bond motifs is 1. The van der Waals surface area contributed by atoms with Crippen LogP contribution >= 0.6 is 0 Å². The van der Waals surface area contributed by atoms with Gasteiger partial charge in [-0.15, -0.1) is 0 Å². The Hall–Kier alpha value is -4.04. The van der Waals surface area contributed by atoms with E-state index in [-0.39, 0.29) is 0 Å². The van der Waals surface area contributed by atoms with Crippen LogP contribution in [0.3, 0.4) is 0 Å². The molecule has 1 saturated heterocycles. The molecule has 0 spiro atoms. The van der Waals surface area contributed by atoms with Crippen LogP contribution in [0.1, 0.15) is 5.56 Å². The second-order valence-electron chi connectivity index (χ2n) is 7.35. The predicted octanol–water partition coefficient (Wildman–Crippen LogP) is 4.05. The Morgan fingerprint density at radius 3 is 2.41 bits per heavy atom. The molecule has 160 valence electrons. The number of nitrogens with one attached hydrogen (secondary N) is 2. The van der Waals surface area contributed by atoms with Gasteiger partial charge in [0.15, 0.2) is 0 Å². The molecule has 4 aromatic rings. The quantitative estimate of drug-likeness (QED) is 0.356. The summed E-state index contributed by atoms with van der Waals surface area (Å²) in [4.78, 5) is 15.8. The number of rotatable bonds is 6. The zero-order chi connectivity index (χ0) is 21.6. The molecule has 0 bridgehead atoms. The van der Waals surface area contributed by atoms with Gasteiger partial charge < -0.3 is 15.0 Å². The van der Waals surface area contributed by atoms with Crippen LogP contribution in [0.25, 0.3) is 10.8 Å². The van der Waals surface area contributed by atoms with Crippen molar-refractivity contribution in [3.8, 4) is 0 Å². The minimum Gasteiger partial charge on any atom is -0.378 e. The lowest BCUT2D eigenvalue weighted by Crippen LogP contribution is -2.37. The van der Waals surface area contributed by atoms with E-state index in [0.29, 0.717) is 31.1 Å². The van der Waals surface area contributed by atoms with Crippen LogP contribution in [0.5, 0.6) is 0 Å². The van der Waals surface area contributed by atoms with E-state index in [1.165, 1.54) is 5.39 Å². The highest BCUT2D eigenvalue weighted by Gasteiger charge is 2.16. The summed E-state index contributed by atoms with van der Waals surface area (Å²) < 4.78 is 5.46. The molecule has 32 heavy (non-hydrogen) atoms. The smallest absolute Gasteiger partial charge is 0.250 e. The van der Waals surface area contributed by atoms with E-state index in [1.807, 2.05) is 48.5 Å². The van der Waals surface area contributed by atoms with Crippen molar-refractivity contribution in [2.24, 2.45) is 5.10 Å². The molecule has 2 heterocycles. The van der Waals surface area contributed by atoms with Crippen LogP contribution < -0.4 is 15.6 Å². The molecule has 0 atom stereocenters. The largest absolute Gasteiger partial charge is 0.378 e. The van der Waals surface area contributed by atoms with Gasteiger partial charge in [0.1, 0.15) is 0 Å². The molecule has 0 aliphatic carbocycles. The molecule has 1 aromatic heterocycles. The van der Waals surface area contributed by atoms with E-state index in [1.54, 1.807) is 6.21 Å². The van der Waals surface area contributed by atoms with Crippen LogP contribution in [0, 0.1) is 0 Å². The van der Waals surface area contributed by atoms with Crippen molar-refractivity contribution >= 4 is 40.5 Å². The van der Waals surface area contributed by atoms with Crippen LogP contribution in [0.4, 0.5) is 23.5 Å². The van der Waals surface area contributed by atoms with Crippen LogP contribution in [-0.2, 0) is 4.74 Å². The minimum atomic E-state index is 0.372. The number of benzene rings is 3. The highest BCUT2D eigenvalue weighted by atomic mass is 16.5. The van der Waals surface area contributed by atoms with Crippen molar-refractivity contribution in [1.29, 1.82) is 0 Å². The van der Waals surface area contributed by atoms with Gasteiger partial charge in [0.25, 0.3) is 0 Å². The molecule has 8 heteroatoms. The fourth-order valence-corrected chi connectivity index (χ4v) is 3.48. The number of ether oxygens (including phenoxy) is 1.